The maximum absolute atomic E-state index is 13.6. The lowest BCUT2D eigenvalue weighted by Crippen LogP contribution is -2.39. The van der Waals surface area contributed by atoms with Gasteiger partial charge in [-0.3, -0.25) is 19.5 Å². The zero-order valence-electron chi connectivity index (χ0n) is 20.1. The van der Waals surface area contributed by atoms with Crippen molar-refractivity contribution in [1.82, 2.24) is 4.57 Å². The number of furan rings is 1. The molecule has 0 spiro atoms. The summed E-state index contributed by atoms with van der Waals surface area (Å²) in [6.07, 6.45) is 1.61. The Kier molecular flexibility index (Phi) is 6.18. The van der Waals surface area contributed by atoms with Crippen molar-refractivity contribution in [3.63, 3.8) is 0 Å². The molecule has 0 saturated heterocycles. The summed E-state index contributed by atoms with van der Waals surface area (Å²) in [7, 11) is 1.30. The summed E-state index contributed by atoms with van der Waals surface area (Å²) in [5.74, 6) is 0.310. The van der Waals surface area contributed by atoms with Crippen LogP contribution < -0.4 is 14.9 Å². The number of allylic oxidation sites excluding steroid dienone is 1. The van der Waals surface area contributed by atoms with E-state index in [9.17, 15) is 19.7 Å². The summed E-state index contributed by atoms with van der Waals surface area (Å²) in [5, 5.41) is 11.2. The molecule has 0 fully saturated rings. The first-order valence-electron chi connectivity index (χ1n) is 11.3. The molecule has 37 heavy (non-hydrogen) atoms. The number of nitro groups is 1. The van der Waals surface area contributed by atoms with Crippen LogP contribution in [0.4, 0.5) is 5.69 Å². The maximum atomic E-state index is 13.6. The zero-order valence-corrected chi connectivity index (χ0v) is 20.9. The van der Waals surface area contributed by atoms with Gasteiger partial charge >= 0.3 is 5.97 Å². The van der Waals surface area contributed by atoms with Crippen molar-refractivity contribution in [2.45, 2.75) is 19.9 Å². The van der Waals surface area contributed by atoms with Crippen molar-refractivity contribution in [2.75, 3.05) is 7.11 Å². The SMILES string of the molecule is COC(=O)C1=C(C)N=c2s/c(=C\c3ccc(-c4cc([N+](=O)[O-])ccc4C)o3)c(=O)n2[C@@H]1c1ccccc1. The normalized spacial score (nSPS) is 15.3. The molecule has 4 aromatic rings. The molecule has 3 heterocycles. The van der Waals surface area contributed by atoms with E-state index in [-0.39, 0.29) is 11.2 Å². The van der Waals surface area contributed by atoms with Gasteiger partial charge in [0.25, 0.3) is 11.2 Å². The van der Waals surface area contributed by atoms with Gasteiger partial charge in [0.15, 0.2) is 4.80 Å². The highest BCUT2D eigenvalue weighted by Crippen LogP contribution is 2.31. The van der Waals surface area contributed by atoms with Gasteiger partial charge in [0.05, 0.1) is 33.9 Å². The fourth-order valence-electron chi connectivity index (χ4n) is 4.34. The minimum atomic E-state index is -0.688. The second-order valence-electron chi connectivity index (χ2n) is 8.44. The van der Waals surface area contributed by atoms with Crippen LogP contribution in [0, 0.1) is 17.0 Å². The Bertz CT molecular complexity index is 1760. The quantitative estimate of drug-likeness (QED) is 0.226. The number of methoxy groups -OCH3 is 1. The average Bonchev–Trinajstić information content (AvgIpc) is 3.47. The van der Waals surface area contributed by atoms with Gasteiger partial charge in [-0.2, -0.15) is 0 Å². The second kappa shape index (κ2) is 9.47. The monoisotopic (exact) mass is 515 g/mol. The first kappa shape index (κ1) is 24.1. The van der Waals surface area contributed by atoms with Crippen molar-refractivity contribution >= 4 is 29.1 Å². The number of aromatic nitrogens is 1. The van der Waals surface area contributed by atoms with Crippen LogP contribution in [0.25, 0.3) is 17.4 Å². The Morgan fingerprint density at radius 3 is 2.62 bits per heavy atom. The number of non-ortho nitro benzene ring substituents is 1. The molecule has 0 amide bonds. The van der Waals surface area contributed by atoms with E-state index in [2.05, 4.69) is 4.99 Å². The molecule has 1 atom stereocenters. The molecule has 2 aromatic carbocycles. The van der Waals surface area contributed by atoms with Crippen molar-refractivity contribution in [3.05, 3.63) is 119 Å². The third-order valence-electron chi connectivity index (χ3n) is 6.14. The van der Waals surface area contributed by atoms with Crippen LogP contribution in [-0.4, -0.2) is 22.6 Å². The summed E-state index contributed by atoms with van der Waals surface area (Å²) in [4.78, 5) is 42.0. The van der Waals surface area contributed by atoms with E-state index < -0.39 is 16.9 Å². The second-order valence-corrected chi connectivity index (χ2v) is 9.45. The van der Waals surface area contributed by atoms with Gasteiger partial charge in [0, 0.05) is 23.8 Å². The molecule has 0 aliphatic carbocycles. The first-order valence-corrected chi connectivity index (χ1v) is 12.1. The number of thiazole rings is 1. The number of rotatable bonds is 5. The summed E-state index contributed by atoms with van der Waals surface area (Å²) >= 11 is 1.19. The van der Waals surface area contributed by atoms with Gasteiger partial charge in [0.2, 0.25) is 0 Å². The number of aryl methyl sites for hydroxylation is 1. The van der Waals surface area contributed by atoms with Crippen LogP contribution in [0.2, 0.25) is 0 Å². The highest BCUT2D eigenvalue weighted by atomic mass is 32.1. The minimum absolute atomic E-state index is 0.0375. The number of ether oxygens (including phenoxy) is 1. The van der Waals surface area contributed by atoms with E-state index in [1.807, 2.05) is 37.3 Å². The van der Waals surface area contributed by atoms with Gasteiger partial charge in [0.1, 0.15) is 11.5 Å². The van der Waals surface area contributed by atoms with Crippen LogP contribution in [0.3, 0.4) is 0 Å². The van der Waals surface area contributed by atoms with Crippen molar-refractivity contribution in [2.24, 2.45) is 4.99 Å². The predicted molar refractivity (Wildman–Crippen MR) is 138 cm³/mol. The lowest BCUT2D eigenvalue weighted by molar-refractivity contribution is -0.384. The lowest BCUT2D eigenvalue weighted by Gasteiger charge is -2.24. The standard InChI is InChI=1S/C27H21N3O6S/c1-15-9-10-18(30(33)34)13-20(15)21-12-11-19(36-21)14-22-25(31)29-24(17-7-5-4-6-8-17)23(26(32)35-3)16(2)28-27(29)37-22/h4-14,24H,1-3H3/b22-14-/t24-/m1/s1. The summed E-state index contributed by atoms with van der Waals surface area (Å²) in [6.45, 7) is 3.56. The Labute approximate surface area is 214 Å². The van der Waals surface area contributed by atoms with Crippen LogP contribution in [-0.2, 0) is 9.53 Å². The lowest BCUT2D eigenvalue weighted by atomic mass is 9.96. The third kappa shape index (κ3) is 4.31. The van der Waals surface area contributed by atoms with Crippen LogP contribution in [0.1, 0.15) is 29.9 Å². The fourth-order valence-corrected chi connectivity index (χ4v) is 5.36. The predicted octanol–water partition coefficient (Wildman–Crippen LogP) is 3.88. The molecule has 1 aliphatic rings. The Balaban J connectivity index is 1.63. The first-order chi connectivity index (χ1) is 17.8. The molecule has 10 heteroatoms. The molecule has 5 rings (SSSR count). The maximum Gasteiger partial charge on any atom is 0.338 e. The smallest absolute Gasteiger partial charge is 0.338 e. The summed E-state index contributed by atoms with van der Waals surface area (Å²) < 4.78 is 12.8. The molecule has 0 bridgehead atoms. The van der Waals surface area contributed by atoms with Gasteiger partial charge in [-0.05, 0) is 37.1 Å². The van der Waals surface area contributed by atoms with E-state index in [0.717, 1.165) is 11.1 Å². The van der Waals surface area contributed by atoms with E-state index >= 15 is 0 Å². The Morgan fingerprint density at radius 2 is 1.92 bits per heavy atom. The van der Waals surface area contributed by atoms with E-state index in [1.54, 1.807) is 31.2 Å². The molecule has 1 aliphatic heterocycles. The molecular formula is C27H21N3O6S. The van der Waals surface area contributed by atoms with E-state index in [1.165, 1.54) is 35.1 Å². The number of benzene rings is 2. The van der Waals surface area contributed by atoms with Crippen molar-refractivity contribution < 1.29 is 18.9 Å². The molecular weight excluding hydrogens is 494 g/mol. The number of esters is 1. The molecule has 2 aromatic heterocycles. The number of carbonyl (C=O) groups is 1. The molecule has 186 valence electrons. The van der Waals surface area contributed by atoms with Crippen LogP contribution in [0.15, 0.2) is 86.1 Å². The van der Waals surface area contributed by atoms with Gasteiger partial charge in [-0.25, -0.2) is 9.79 Å². The zero-order chi connectivity index (χ0) is 26.3. The number of carbonyl (C=O) groups excluding carboxylic acids is 1. The number of nitro benzene ring substituents is 1. The topological polar surface area (TPSA) is 117 Å². The minimum Gasteiger partial charge on any atom is -0.466 e. The molecule has 0 saturated carbocycles. The third-order valence-corrected chi connectivity index (χ3v) is 7.12. The number of nitrogens with zero attached hydrogens (tertiary/aromatic N) is 3. The van der Waals surface area contributed by atoms with Gasteiger partial charge in [-0.1, -0.05) is 47.7 Å². The highest BCUT2D eigenvalue weighted by Gasteiger charge is 2.33. The summed E-state index contributed by atoms with van der Waals surface area (Å²) in [6, 6.07) is 16.5. The van der Waals surface area contributed by atoms with Crippen molar-refractivity contribution in [3.8, 4) is 11.3 Å². The van der Waals surface area contributed by atoms with Gasteiger partial charge in [-0.15, -0.1) is 0 Å². The molecule has 0 N–H and O–H groups in total. The Morgan fingerprint density at radius 1 is 1.16 bits per heavy atom. The highest BCUT2D eigenvalue weighted by molar-refractivity contribution is 7.07. The van der Waals surface area contributed by atoms with Crippen LogP contribution in [0.5, 0.6) is 0 Å². The van der Waals surface area contributed by atoms with E-state index in [0.29, 0.717) is 37.7 Å². The Hall–Kier alpha value is -4.57. The number of fused-ring (bicyclic) bond motifs is 1. The summed E-state index contributed by atoms with van der Waals surface area (Å²) in [5.41, 5.74) is 2.59. The number of hydrogen-bond donors (Lipinski definition) is 0. The average molecular weight is 516 g/mol. The molecule has 0 unspecified atom stereocenters. The molecule has 0 radical (unpaired) electrons. The molecule has 9 nitrogen and oxygen atoms in total. The van der Waals surface area contributed by atoms with Gasteiger partial charge < -0.3 is 9.15 Å². The largest absolute Gasteiger partial charge is 0.466 e. The number of hydrogen-bond acceptors (Lipinski definition) is 8. The van der Waals surface area contributed by atoms with Crippen molar-refractivity contribution in [1.29, 1.82) is 0 Å². The van der Waals surface area contributed by atoms with Crippen LogP contribution >= 0.6 is 11.3 Å². The fraction of sp³-hybridized carbons (Fsp3) is 0.148. The van der Waals surface area contributed by atoms with E-state index in [4.69, 9.17) is 9.15 Å².